The number of anilines is 1. The summed E-state index contributed by atoms with van der Waals surface area (Å²) in [7, 11) is 3.09. The van der Waals surface area contributed by atoms with Crippen molar-refractivity contribution in [3.63, 3.8) is 0 Å². The molecule has 0 spiro atoms. The summed E-state index contributed by atoms with van der Waals surface area (Å²) < 4.78 is 10.5. The molecule has 3 rings (SSSR count). The quantitative estimate of drug-likeness (QED) is 0.729. The zero-order valence-electron chi connectivity index (χ0n) is 15.0. The standard InChI is InChI=1S/C22H18N2O3/c1-26-16-11-12-20(21(13-16)27-2)24-22(25)19-10-6-5-9-18(19)17-8-4-3-7-15(17)14-23/h3-13H,1-2H3,(H,24,25). The molecule has 0 bridgehead atoms. The summed E-state index contributed by atoms with van der Waals surface area (Å²) in [6.45, 7) is 0. The molecule has 0 saturated carbocycles. The van der Waals surface area contributed by atoms with E-state index in [1.165, 1.54) is 7.11 Å². The molecule has 5 heteroatoms. The number of hydrogen-bond donors (Lipinski definition) is 1. The second kappa shape index (κ2) is 8.07. The van der Waals surface area contributed by atoms with E-state index in [0.717, 1.165) is 0 Å². The third-order valence-electron chi connectivity index (χ3n) is 4.17. The van der Waals surface area contributed by atoms with E-state index in [2.05, 4.69) is 11.4 Å². The lowest BCUT2D eigenvalue weighted by molar-refractivity contribution is 0.102. The monoisotopic (exact) mass is 358 g/mol. The van der Waals surface area contributed by atoms with Crippen molar-refractivity contribution in [3.8, 4) is 28.7 Å². The Morgan fingerprint density at radius 2 is 1.63 bits per heavy atom. The Labute approximate surface area is 157 Å². The minimum atomic E-state index is -0.290. The highest BCUT2D eigenvalue weighted by atomic mass is 16.5. The van der Waals surface area contributed by atoms with E-state index in [1.54, 1.807) is 49.6 Å². The smallest absolute Gasteiger partial charge is 0.256 e. The molecule has 134 valence electrons. The molecule has 0 heterocycles. The molecular weight excluding hydrogens is 340 g/mol. The number of nitrogens with zero attached hydrogens (tertiary/aromatic N) is 1. The zero-order chi connectivity index (χ0) is 19.2. The van der Waals surface area contributed by atoms with Crippen molar-refractivity contribution < 1.29 is 14.3 Å². The molecule has 0 radical (unpaired) electrons. The van der Waals surface area contributed by atoms with Crippen molar-refractivity contribution in [2.45, 2.75) is 0 Å². The summed E-state index contributed by atoms with van der Waals surface area (Å²) in [6.07, 6.45) is 0. The van der Waals surface area contributed by atoms with Crippen LogP contribution in [0.4, 0.5) is 5.69 Å². The number of ether oxygens (including phenoxy) is 2. The topological polar surface area (TPSA) is 71.3 Å². The SMILES string of the molecule is COc1ccc(NC(=O)c2ccccc2-c2ccccc2C#N)c(OC)c1. The fourth-order valence-electron chi connectivity index (χ4n) is 2.82. The Balaban J connectivity index is 1.99. The van der Waals surface area contributed by atoms with Gasteiger partial charge < -0.3 is 14.8 Å². The molecule has 1 amide bonds. The van der Waals surface area contributed by atoms with Crippen LogP contribution in [0.2, 0.25) is 0 Å². The number of benzene rings is 3. The van der Waals surface area contributed by atoms with Gasteiger partial charge in [-0.15, -0.1) is 0 Å². The molecule has 1 N–H and O–H groups in total. The van der Waals surface area contributed by atoms with Crippen LogP contribution in [0, 0.1) is 11.3 Å². The van der Waals surface area contributed by atoms with Crippen molar-refractivity contribution in [2.24, 2.45) is 0 Å². The van der Waals surface area contributed by atoms with Crippen LogP contribution < -0.4 is 14.8 Å². The third-order valence-corrected chi connectivity index (χ3v) is 4.17. The maximum Gasteiger partial charge on any atom is 0.256 e. The number of amides is 1. The molecule has 0 aliphatic rings. The molecule has 0 saturated heterocycles. The van der Waals surface area contributed by atoms with Gasteiger partial charge in [0, 0.05) is 17.2 Å². The molecule has 0 atom stereocenters. The number of nitriles is 1. The average molecular weight is 358 g/mol. The lowest BCUT2D eigenvalue weighted by Crippen LogP contribution is -2.14. The van der Waals surface area contributed by atoms with Gasteiger partial charge in [-0.25, -0.2) is 0 Å². The largest absolute Gasteiger partial charge is 0.497 e. The van der Waals surface area contributed by atoms with Gasteiger partial charge in [-0.3, -0.25) is 4.79 Å². The number of hydrogen-bond acceptors (Lipinski definition) is 4. The van der Waals surface area contributed by atoms with Crippen LogP contribution in [0.3, 0.4) is 0 Å². The predicted molar refractivity (Wildman–Crippen MR) is 104 cm³/mol. The Bertz CT molecular complexity index is 1020. The van der Waals surface area contributed by atoms with E-state index in [0.29, 0.717) is 39.4 Å². The van der Waals surface area contributed by atoms with Crippen LogP contribution in [0.25, 0.3) is 11.1 Å². The summed E-state index contributed by atoms with van der Waals surface area (Å²) in [4.78, 5) is 12.9. The van der Waals surface area contributed by atoms with Crippen LogP contribution in [0.5, 0.6) is 11.5 Å². The number of rotatable bonds is 5. The highest BCUT2D eigenvalue weighted by molar-refractivity contribution is 6.09. The van der Waals surface area contributed by atoms with E-state index < -0.39 is 0 Å². The molecule has 0 aliphatic heterocycles. The zero-order valence-corrected chi connectivity index (χ0v) is 15.0. The van der Waals surface area contributed by atoms with Gasteiger partial charge in [0.1, 0.15) is 11.5 Å². The normalized spacial score (nSPS) is 9.96. The molecular formula is C22H18N2O3. The average Bonchev–Trinajstić information content (AvgIpc) is 2.73. The maximum atomic E-state index is 12.9. The second-order valence-electron chi connectivity index (χ2n) is 5.72. The molecule has 0 unspecified atom stereocenters. The van der Waals surface area contributed by atoms with Gasteiger partial charge in [-0.1, -0.05) is 36.4 Å². The number of carbonyl (C=O) groups is 1. The molecule has 3 aromatic carbocycles. The molecule has 5 nitrogen and oxygen atoms in total. The van der Waals surface area contributed by atoms with Gasteiger partial charge in [0.25, 0.3) is 5.91 Å². The molecule has 0 fully saturated rings. The molecule has 0 aromatic heterocycles. The number of nitrogens with one attached hydrogen (secondary N) is 1. The van der Waals surface area contributed by atoms with Crippen molar-refractivity contribution in [2.75, 3.05) is 19.5 Å². The van der Waals surface area contributed by atoms with Crippen LogP contribution in [0.1, 0.15) is 15.9 Å². The Morgan fingerprint density at radius 1 is 0.926 bits per heavy atom. The Morgan fingerprint density at radius 3 is 2.33 bits per heavy atom. The minimum absolute atomic E-state index is 0.290. The first kappa shape index (κ1) is 18.0. The van der Waals surface area contributed by atoms with E-state index >= 15 is 0 Å². The summed E-state index contributed by atoms with van der Waals surface area (Å²) in [5, 5.41) is 12.3. The first-order chi connectivity index (χ1) is 13.2. The van der Waals surface area contributed by atoms with E-state index in [-0.39, 0.29) is 5.91 Å². The molecule has 27 heavy (non-hydrogen) atoms. The molecule has 3 aromatic rings. The first-order valence-electron chi connectivity index (χ1n) is 8.30. The number of methoxy groups -OCH3 is 2. The van der Waals surface area contributed by atoms with Crippen LogP contribution in [-0.4, -0.2) is 20.1 Å². The summed E-state index contributed by atoms with van der Waals surface area (Å²) in [5.74, 6) is 0.840. The predicted octanol–water partition coefficient (Wildman–Crippen LogP) is 4.49. The number of carbonyl (C=O) groups excluding carboxylic acids is 1. The molecule has 0 aliphatic carbocycles. The van der Waals surface area contributed by atoms with E-state index in [4.69, 9.17) is 9.47 Å². The highest BCUT2D eigenvalue weighted by Crippen LogP contribution is 2.31. The van der Waals surface area contributed by atoms with Gasteiger partial charge in [0.05, 0.1) is 31.5 Å². The fourth-order valence-corrected chi connectivity index (χ4v) is 2.82. The van der Waals surface area contributed by atoms with Crippen molar-refractivity contribution in [3.05, 3.63) is 77.9 Å². The summed E-state index contributed by atoms with van der Waals surface area (Å²) >= 11 is 0. The first-order valence-corrected chi connectivity index (χ1v) is 8.30. The Kier molecular flexibility index (Phi) is 5.38. The van der Waals surface area contributed by atoms with Gasteiger partial charge in [0.2, 0.25) is 0 Å². The van der Waals surface area contributed by atoms with E-state index in [1.807, 2.05) is 24.3 Å². The van der Waals surface area contributed by atoms with Crippen molar-refractivity contribution in [1.82, 2.24) is 0 Å². The lowest BCUT2D eigenvalue weighted by atomic mass is 9.95. The second-order valence-corrected chi connectivity index (χ2v) is 5.72. The van der Waals surface area contributed by atoms with Gasteiger partial charge in [-0.05, 0) is 29.8 Å². The van der Waals surface area contributed by atoms with Crippen LogP contribution in [0.15, 0.2) is 66.7 Å². The van der Waals surface area contributed by atoms with Crippen molar-refractivity contribution >= 4 is 11.6 Å². The van der Waals surface area contributed by atoms with Gasteiger partial charge in [0.15, 0.2) is 0 Å². The van der Waals surface area contributed by atoms with Gasteiger partial charge >= 0.3 is 0 Å². The van der Waals surface area contributed by atoms with Gasteiger partial charge in [-0.2, -0.15) is 5.26 Å². The van der Waals surface area contributed by atoms with Crippen LogP contribution in [-0.2, 0) is 0 Å². The summed E-state index contributed by atoms with van der Waals surface area (Å²) in [5.41, 5.74) is 2.93. The summed E-state index contributed by atoms with van der Waals surface area (Å²) in [6, 6.07) is 21.7. The lowest BCUT2D eigenvalue weighted by Gasteiger charge is -2.14. The Hall–Kier alpha value is -3.78. The van der Waals surface area contributed by atoms with E-state index in [9.17, 15) is 10.1 Å². The highest BCUT2D eigenvalue weighted by Gasteiger charge is 2.16. The minimum Gasteiger partial charge on any atom is -0.497 e. The third kappa shape index (κ3) is 3.75. The van der Waals surface area contributed by atoms with Crippen molar-refractivity contribution in [1.29, 1.82) is 5.26 Å². The maximum absolute atomic E-state index is 12.9. The fraction of sp³-hybridized carbons (Fsp3) is 0.0909. The van der Waals surface area contributed by atoms with Crippen LogP contribution >= 0.6 is 0 Å².